The van der Waals surface area contributed by atoms with Crippen molar-refractivity contribution in [1.29, 1.82) is 0 Å². The van der Waals surface area contributed by atoms with Crippen molar-refractivity contribution in [2.75, 3.05) is 31.1 Å². The van der Waals surface area contributed by atoms with Gasteiger partial charge in [0.15, 0.2) is 0 Å². The maximum atomic E-state index is 12.8. The molecule has 1 aliphatic heterocycles. The molecule has 2 aromatic heterocycles. The summed E-state index contributed by atoms with van der Waals surface area (Å²) in [6.45, 7) is 2.03. The zero-order valence-electron chi connectivity index (χ0n) is 14.4. The molecule has 140 valence electrons. The summed E-state index contributed by atoms with van der Waals surface area (Å²) in [5.74, 6) is 1.60. The minimum Gasteiger partial charge on any atom is -0.354 e. The number of halogens is 1. The summed E-state index contributed by atoms with van der Waals surface area (Å²) in [4.78, 5) is 11.1. The number of aromatic nitrogens is 3. The minimum atomic E-state index is -3.46. The summed E-state index contributed by atoms with van der Waals surface area (Å²) in [5, 5.41) is 0. The van der Waals surface area contributed by atoms with E-state index in [9.17, 15) is 8.42 Å². The Balaban J connectivity index is 1.48. The first-order valence-electron chi connectivity index (χ1n) is 8.50. The van der Waals surface area contributed by atoms with Crippen LogP contribution in [0.2, 0.25) is 0 Å². The molecule has 0 saturated carbocycles. The van der Waals surface area contributed by atoms with E-state index in [4.69, 9.17) is 0 Å². The fourth-order valence-electron chi connectivity index (χ4n) is 3.05. The van der Waals surface area contributed by atoms with Gasteiger partial charge in [-0.2, -0.15) is 4.31 Å². The fraction of sp³-hybridized carbons (Fsp3) is 0.222. The topological polar surface area (TPSA) is 71.3 Å². The predicted octanol–water partition coefficient (Wildman–Crippen LogP) is 2.38. The number of hydrogen-bond acceptors (Lipinski definition) is 5. The molecule has 0 spiro atoms. The lowest BCUT2D eigenvalue weighted by Crippen LogP contribution is -2.48. The molecule has 1 saturated heterocycles. The average Bonchev–Trinajstić information content (AvgIpc) is 3.23. The highest BCUT2D eigenvalue weighted by Gasteiger charge is 2.29. The molecule has 27 heavy (non-hydrogen) atoms. The molecule has 1 aliphatic rings. The molecule has 9 heteroatoms. The Kier molecular flexibility index (Phi) is 5.15. The van der Waals surface area contributed by atoms with Gasteiger partial charge in [-0.3, -0.25) is 0 Å². The molecule has 0 bridgehead atoms. The zero-order chi connectivity index (χ0) is 18.9. The van der Waals surface area contributed by atoms with Crippen LogP contribution in [0.1, 0.15) is 0 Å². The van der Waals surface area contributed by atoms with Gasteiger partial charge in [-0.1, -0.05) is 0 Å². The molecular formula is C18H18IN5O2S. The number of sulfonamides is 1. The molecule has 1 aromatic carbocycles. The van der Waals surface area contributed by atoms with E-state index in [1.54, 1.807) is 22.8 Å². The number of anilines is 1. The second-order valence-corrected chi connectivity index (χ2v) is 9.35. The average molecular weight is 495 g/mol. The van der Waals surface area contributed by atoms with Crippen molar-refractivity contribution < 1.29 is 8.42 Å². The van der Waals surface area contributed by atoms with Gasteiger partial charge in [0.05, 0.1) is 4.90 Å². The van der Waals surface area contributed by atoms with Crippen LogP contribution >= 0.6 is 22.6 Å². The largest absolute Gasteiger partial charge is 0.354 e. The van der Waals surface area contributed by atoms with Crippen LogP contribution in [0.5, 0.6) is 0 Å². The van der Waals surface area contributed by atoms with Crippen molar-refractivity contribution in [3.05, 3.63) is 64.8 Å². The smallest absolute Gasteiger partial charge is 0.243 e. The normalized spacial score (nSPS) is 15.8. The number of nitrogens with zero attached hydrogens (tertiary/aromatic N) is 5. The van der Waals surface area contributed by atoms with Gasteiger partial charge >= 0.3 is 0 Å². The number of hydrogen-bond donors (Lipinski definition) is 0. The first kappa shape index (κ1) is 18.4. The van der Waals surface area contributed by atoms with Crippen molar-refractivity contribution in [3.8, 4) is 5.82 Å². The lowest BCUT2D eigenvalue weighted by Gasteiger charge is -2.34. The van der Waals surface area contributed by atoms with E-state index in [-0.39, 0.29) is 0 Å². The third kappa shape index (κ3) is 3.85. The van der Waals surface area contributed by atoms with E-state index < -0.39 is 10.0 Å². The third-order valence-corrected chi connectivity index (χ3v) is 7.15. The molecule has 0 atom stereocenters. The van der Waals surface area contributed by atoms with Crippen molar-refractivity contribution >= 4 is 38.4 Å². The highest BCUT2D eigenvalue weighted by atomic mass is 127. The van der Waals surface area contributed by atoms with Gasteiger partial charge < -0.3 is 9.47 Å². The van der Waals surface area contributed by atoms with E-state index in [0.717, 1.165) is 15.2 Å². The van der Waals surface area contributed by atoms with E-state index in [1.165, 1.54) is 0 Å². The Morgan fingerprint density at radius 1 is 0.889 bits per heavy atom. The lowest BCUT2D eigenvalue weighted by atomic mass is 10.3. The van der Waals surface area contributed by atoms with Crippen LogP contribution in [-0.4, -0.2) is 53.4 Å². The van der Waals surface area contributed by atoms with E-state index in [1.807, 2.05) is 47.3 Å². The van der Waals surface area contributed by atoms with Gasteiger partial charge in [-0.05, 0) is 59.0 Å². The minimum absolute atomic E-state index is 0.341. The molecule has 3 aromatic rings. The molecule has 0 radical (unpaired) electrons. The van der Waals surface area contributed by atoms with Gasteiger partial charge in [-0.25, -0.2) is 18.4 Å². The van der Waals surface area contributed by atoms with Gasteiger partial charge in [0.2, 0.25) is 10.0 Å². The maximum Gasteiger partial charge on any atom is 0.243 e. The summed E-state index contributed by atoms with van der Waals surface area (Å²) in [6.07, 6.45) is 5.40. The van der Waals surface area contributed by atoms with E-state index in [2.05, 4.69) is 37.5 Å². The summed E-state index contributed by atoms with van der Waals surface area (Å²) in [6, 6.07) is 12.8. The summed E-state index contributed by atoms with van der Waals surface area (Å²) in [7, 11) is -3.46. The van der Waals surface area contributed by atoms with E-state index >= 15 is 0 Å². The second-order valence-electron chi connectivity index (χ2n) is 6.17. The molecule has 1 fully saturated rings. The van der Waals surface area contributed by atoms with Crippen LogP contribution in [0.4, 0.5) is 5.82 Å². The number of benzene rings is 1. The SMILES string of the molecule is O=S(=O)(c1ccc(I)cc1)N1CCN(c2cc(-n3cccc3)ncn2)CC1. The molecule has 3 heterocycles. The lowest BCUT2D eigenvalue weighted by molar-refractivity contribution is 0.383. The molecule has 7 nitrogen and oxygen atoms in total. The Morgan fingerprint density at radius 2 is 1.52 bits per heavy atom. The Hall–Kier alpha value is -1.98. The monoisotopic (exact) mass is 495 g/mol. The van der Waals surface area contributed by atoms with Crippen LogP contribution in [0.3, 0.4) is 0 Å². The van der Waals surface area contributed by atoms with Crippen molar-refractivity contribution in [3.63, 3.8) is 0 Å². The Morgan fingerprint density at radius 3 is 2.19 bits per heavy atom. The first-order chi connectivity index (χ1) is 13.0. The van der Waals surface area contributed by atoms with Gasteiger partial charge in [0.1, 0.15) is 18.0 Å². The molecule has 0 amide bonds. The van der Waals surface area contributed by atoms with Gasteiger partial charge in [-0.15, -0.1) is 0 Å². The molecule has 4 rings (SSSR count). The van der Waals surface area contributed by atoms with Crippen molar-refractivity contribution in [2.24, 2.45) is 0 Å². The summed E-state index contributed by atoms with van der Waals surface area (Å²) < 4.78 is 30.1. The molecule has 0 aliphatic carbocycles. The van der Waals surface area contributed by atoms with Crippen molar-refractivity contribution in [2.45, 2.75) is 4.90 Å². The Labute approximate surface area is 171 Å². The second kappa shape index (κ2) is 7.56. The number of rotatable bonds is 4. The third-order valence-electron chi connectivity index (χ3n) is 4.52. The molecular weight excluding hydrogens is 477 g/mol. The first-order valence-corrected chi connectivity index (χ1v) is 11.0. The Bertz CT molecular complexity index is 1010. The quantitative estimate of drug-likeness (QED) is 0.520. The predicted molar refractivity (Wildman–Crippen MR) is 111 cm³/mol. The zero-order valence-corrected chi connectivity index (χ0v) is 17.4. The highest BCUT2D eigenvalue weighted by Crippen LogP contribution is 2.21. The fourth-order valence-corrected chi connectivity index (χ4v) is 4.83. The number of piperazine rings is 1. The standard InChI is InChI=1S/C18H18IN5O2S/c19-15-3-5-16(6-4-15)27(25,26)24-11-9-23(10-12-24)18-13-17(20-14-21-18)22-7-1-2-8-22/h1-8,13-14H,9-12H2. The molecule has 0 N–H and O–H groups in total. The summed E-state index contributed by atoms with van der Waals surface area (Å²) >= 11 is 2.17. The van der Waals surface area contributed by atoms with Crippen LogP contribution < -0.4 is 4.90 Å². The van der Waals surface area contributed by atoms with Crippen molar-refractivity contribution in [1.82, 2.24) is 18.8 Å². The van der Waals surface area contributed by atoms with Gasteiger partial charge in [0.25, 0.3) is 0 Å². The van der Waals surface area contributed by atoms with Crippen LogP contribution in [-0.2, 0) is 10.0 Å². The van der Waals surface area contributed by atoms with Gasteiger partial charge in [0, 0.05) is 48.2 Å². The summed E-state index contributed by atoms with van der Waals surface area (Å²) in [5.41, 5.74) is 0. The maximum absolute atomic E-state index is 12.8. The van der Waals surface area contributed by atoms with Crippen LogP contribution in [0.25, 0.3) is 5.82 Å². The highest BCUT2D eigenvalue weighted by molar-refractivity contribution is 14.1. The van der Waals surface area contributed by atoms with Crippen LogP contribution in [0, 0.1) is 3.57 Å². The molecule has 0 unspecified atom stereocenters. The van der Waals surface area contributed by atoms with Crippen LogP contribution in [0.15, 0.2) is 66.1 Å². The van der Waals surface area contributed by atoms with E-state index in [0.29, 0.717) is 31.1 Å².